The van der Waals surface area contributed by atoms with Crippen molar-refractivity contribution in [1.29, 1.82) is 0 Å². The van der Waals surface area contributed by atoms with Gasteiger partial charge in [-0.15, -0.1) is 0 Å². The molecule has 0 aromatic rings. The van der Waals surface area contributed by atoms with Crippen LogP contribution in [0.4, 0.5) is 0 Å². The Morgan fingerprint density at radius 2 is 1.67 bits per heavy atom. The van der Waals surface area contributed by atoms with Crippen molar-refractivity contribution in [3.05, 3.63) is 0 Å². The van der Waals surface area contributed by atoms with Crippen molar-refractivity contribution < 1.29 is 0 Å². The lowest BCUT2D eigenvalue weighted by Crippen LogP contribution is -2.13. The van der Waals surface area contributed by atoms with Crippen LogP contribution in [0.3, 0.4) is 0 Å². The van der Waals surface area contributed by atoms with Crippen LogP contribution in [0.25, 0.3) is 0 Å². The molecule has 9 heavy (non-hydrogen) atoms. The predicted molar refractivity (Wildman–Crippen MR) is 44.9 cm³/mol. The maximum Gasteiger partial charge on any atom is 0.00444 e. The molecule has 1 fully saturated rings. The number of rotatable bonds is 1. The van der Waals surface area contributed by atoms with E-state index < -0.39 is 0 Å². The van der Waals surface area contributed by atoms with Crippen LogP contribution >= 0.6 is 11.8 Å². The Labute approximate surface area is 62.4 Å². The van der Waals surface area contributed by atoms with Gasteiger partial charge in [0.05, 0.1) is 0 Å². The Morgan fingerprint density at radius 3 is 2.11 bits per heavy atom. The quantitative estimate of drug-likeness (QED) is 0.545. The molecule has 0 amide bonds. The van der Waals surface area contributed by atoms with Gasteiger partial charge >= 0.3 is 0 Å². The van der Waals surface area contributed by atoms with Crippen LogP contribution in [0.1, 0.15) is 32.6 Å². The van der Waals surface area contributed by atoms with Crippen molar-refractivity contribution in [3.8, 4) is 0 Å². The Morgan fingerprint density at radius 1 is 1.11 bits per heavy atom. The summed E-state index contributed by atoms with van der Waals surface area (Å²) in [5.41, 5.74) is 0. The first kappa shape index (κ1) is 7.46. The van der Waals surface area contributed by atoms with Crippen molar-refractivity contribution in [1.82, 2.24) is 0 Å². The van der Waals surface area contributed by atoms with E-state index in [1.807, 2.05) is 11.8 Å². The topological polar surface area (TPSA) is 0 Å². The van der Waals surface area contributed by atoms with Gasteiger partial charge in [0.15, 0.2) is 0 Å². The van der Waals surface area contributed by atoms with E-state index in [9.17, 15) is 0 Å². The average molecular weight is 144 g/mol. The van der Waals surface area contributed by atoms with Gasteiger partial charge in [-0.25, -0.2) is 0 Å². The van der Waals surface area contributed by atoms with Gasteiger partial charge in [-0.2, -0.15) is 11.8 Å². The second-order valence-corrected chi connectivity index (χ2v) is 4.26. The summed E-state index contributed by atoms with van der Waals surface area (Å²) >= 11 is 2.05. The second-order valence-electron chi connectivity index (χ2n) is 3.12. The van der Waals surface area contributed by atoms with Crippen LogP contribution in [0.5, 0.6) is 0 Å². The van der Waals surface area contributed by atoms with E-state index in [4.69, 9.17) is 0 Å². The fourth-order valence-corrected chi connectivity index (χ4v) is 2.21. The Kier molecular flexibility index (Phi) is 2.90. The summed E-state index contributed by atoms with van der Waals surface area (Å²) in [6.45, 7) is 2.37. The molecule has 0 heterocycles. The predicted octanol–water partition coefficient (Wildman–Crippen LogP) is 2.93. The van der Waals surface area contributed by atoms with E-state index >= 15 is 0 Å². The van der Waals surface area contributed by atoms with Gasteiger partial charge in [0, 0.05) is 5.25 Å². The highest BCUT2D eigenvalue weighted by molar-refractivity contribution is 7.99. The minimum absolute atomic E-state index is 0.987. The van der Waals surface area contributed by atoms with Crippen molar-refractivity contribution in [2.24, 2.45) is 5.92 Å². The molecule has 0 spiro atoms. The van der Waals surface area contributed by atoms with Crippen LogP contribution in [0.15, 0.2) is 0 Å². The van der Waals surface area contributed by atoms with Crippen LogP contribution in [-0.2, 0) is 0 Å². The first-order valence-corrected chi connectivity index (χ1v) is 5.14. The van der Waals surface area contributed by atoms with Gasteiger partial charge in [-0.3, -0.25) is 0 Å². The molecule has 1 heteroatoms. The summed E-state index contributed by atoms with van der Waals surface area (Å²) in [5, 5.41) is 0.987. The first-order valence-electron chi connectivity index (χ1n) is 3.85. The fraction of sp³-hybridized carbons (Fsp3) is 1.00. The first-order chi connectivity index (χ1) is 4.33. The maximum atomic E-state index is 2.37. The largest absolute Gasteiger partial charge is 0.162 e. The normalized spacial score (nSPS) is 36.7. The molecule has 0 radical (unpaired) electrons. The summed E-state index contributed by atoms with van der Waals surface area (Å²) in [6, 6.07) is 0. The smallest absolute Gasteiger partial charge is 0.00444 e. The third kappa shape index (κ3) is 2.21. The highest BCUT2D eigenvalue weighted by Crippen LogP contribution is 2.29. The molecule has 1 saturated carbocycles. The molecule has 0 atom stereocenters. The number of hydrogen-bond donors (Lipinski definition) is 0. The molecule has 1 aliphatic carbocycles. The van der Waals surface area contributed by atoms with Gasteiger partial charge in [-0.05, 0) is 37.9 Å². The van der Waals surface area contributed by atoms with Gasteiger partial charge in [0.1, 0.15) is 0 Å². The van der Waals surface area contributed by atoms with E-state index in [-0.39, 0.29) is 0 Å². The van der Waals surface area contributed by atoms with Crippen LogP contribution < -0.4 is 0 Å². The van der Waals surface area contributed by atoms with Gasteiger partial charge in [-0.1, -0.05) is 6.92 Å². The second kappa shape index (κ2) is 3.50. The van der Waals surface area contributed by atoms with E-state index in [2.05, 4.69) is 13.2 Å². The van der Waals surface area contributed by atoms with E-state index in [1.165, 1.54) is 25.7 Å². The molecule has 0 saturated heterocycles. The highest BCUT2D eigenvalue weighted by Gasteiger charge is 2.16. The van der Waals surface area contributed by atoms with Gasteiger partial charge in [0.2, 0.25) is 0 Å². The SMILES string of the molecule is CS[C@H]1CC[C@H](C)CC1. The lowest BCUT2D eigenvalue weighted by Gasteiger charge is -2.24. The fourth-order valence-electron chi connectivity index (χ4n) is 1.47. The summed E-state index contributed by atoms with van der Waals surface area (Å²) in [5.74, 6) is 1.01. The molecule has 0 aliphatic heterocycles. The molecule has 1 aliphatic rings. The van der Waals surface area contributed by atoms with E-state index in [1.54, 1.807) is 0 Å². The lowest BCUT2D eigenvalue weighted by atomic mass is 9.91. The van der Waals surface area contributed by atoms with Gasteiger partial charge < -0.3 is 0 Å². The van der Waals surface area contributed by atoms with Crippen molar-refractivity contribution in [3.63, 3.8) is 0 Å². The summed E-state index contributed by atoms with van der Waals surface area (Å²) in [4.78, 5) is 0. The van der Waals surface area contributed by atoms with Crippen LogP contribution in [0, 0.1) is 5.92 Å². The third-order valence-corrected chi connectivity index (χ3v) is 3.43. The van der Waals surface area contributed by atoms with Crippen LogP contribution in [0.2, 0.25) is 0 Å². The summed E-state index contributed by atoms with van der Waals surface area (Å²) in [7, 11) is 0. The highest BCUT2D eigenvalue weighted by atomic mass is 32.2. The Hall–Kier alpha value is 0.350. The number of hydrogen-bond acceptors (Lipinski definition) is 1. The maximum absolute atomic E-state index is 2.37. The lowest BCUT2D eigenvalue weighted by molar-refractivity contribution is 0.393. The average Bonchev–Trinajstić information content (AvgIpc) is 1.90. The molecule has 0 aromatic heterocycles. The Bertz CT molecular complexity index is 72.6. The molecule has 0 bridgehead atoms. The summed E-state index contributed by atoms with van der Waals surface area (Å²) < 4.78 is 0. The van der Waals surface area contributed by atoms with Crippen molar-refractivity contribution in [2.75, 3.05) is 6.26 Å². The van der Waals surface area contributed by atoms with E-state index in [0.29, 0.717) is 0 Å². The monoisotopic (exact) mass is 144 g/mol. The van der Waals surface area contributed by atoms with Crippen LogP contribution in [-0.4, -0.2) is 11.5 Å². The summed E-state index contributed by atoms with van der Waals surface area (Å²) in [6.07, 6.45) is 8.09. The number of thioether (sulfide) groups is 1. The zero-order chi connectivity index (χ0) is 6.69. The molecular weight excluding hydrogens is 128 g/mol. The molecule has 0 N–H and O–H groups in total. The molecule has 1 rings (SSSR count). The molecule has 54 valence electrons. The molecule has 0 aromatic carbocycles. The van der Waals surface area contributed by atoms with Crippen molar-refractivity contribution in [2.45, 2.75) is 37.9 Å². The zero-order valence-corrected chi connectivity index (χ0v) is 7.21. The minimum atomic E-state index is 0.987. The molecule has 0 unspecified atom stereocenters. The zero-order valence-electron chi connectivity index (χ0n) is 6.39. The van der Waals surface area contributed by atoms with Crippen molar-refractivity contribution >= 4 is 11.8 Å². The van der Waals surface area contributed by atoms with E-state index in [0.717, 1.165) is 11.2 Å². The van der Waals surface area contributed by atoms with Gasteiger partial charge in [0.25, 0.3) is 0 Å². The molecule has 0 nitrogen and oxygen atoms in total. The molecular formula is C8H16S. The standard InChI is InChI=1S/C8H16S/c1-7-3-5-8(9-2)6-4-7/h7-8H,3-6H2,1-2H3/t7-,8-. The Balaban J connectivity index is 2.18. The third-order valence-electron chi connectivity index (χ3n) is 2.30. The minimum Gasteiger partial charge on any atom is -0.162 e.